The summed E-state index contributed by atoms with van der Waals surface area (Å²) in [5.41, 5.74) is 12.3. The van der Waals surface area contributed by atoms with Crippen LogP contribution in [0.25, 0.3) is 0 Å². The van der Waals surface area contributed by atoms with Gasteiger partial charge in [-0.2, -0.15) is 0 Å². The van der Waals surface area contributed by atoms with Crippen molar-refractivity contribution in [3.05, 3.63) is 30.3 Å². The molecule has 6 N–H and O–H groups in total. The maximum atomic E-state index is 6.04. The number of rotatable bonds is 9. The molecule has 0 aromatic heterocycles. The van der Waals surface area contributed by atoms with E-state index in [1.807, 2.05) is 37.3 Å². The van der Waals surface area contributed by atoms with Crippen LogP contribution in [0.3, 0.4) is 0 Å². The zero-order valence-corrected chi connectivity index (χ0v) is 15.1. The fraction of sp³-hybridized carbons (Fsp3) is 0.500. The first-order chi connectivity index (χ1) is 10.4. The standard InChI is InChI=1S/C16H26N4S2/c1-4-12(5-2)16(14(17)21,15(18)22)20-11(3)19-13-9-7-6-8-10-13/h6-12,19-20H,4-5H2,1-3H3,(H2,17,21)(H2,18,22). The van der Waals surface area contributed by atoms with Gasteiger partial charge in [0, 0.05) is 5.69 Å². The second-order valence-corrected chi connectivity index (χ2v) is 6.31. The van der Waals surface area contributed by atoms with E-state index in [0.717, 1.165) is 18.5 Å². The topological polar surface area (TPSA) is 76.1 Å². The molecule has 1 rings (SSSR count). The maximum Gasteiger partial charge on any atom is 0.124 e. The molecule has 0 aliphatic rings. The van der Waals surface area contributed by atoms with E-state index in [0.29, 0.717) is 9.98 Å². The lowest BCUT2D eigenvalue weighted by molar-refractivity contribution is 0.331. The number of para-hydroxylation sites is 1. The van der Waals surface area contributed by atoms with Gasteiger partial charge in [-0.05, 0) is 25.0 Å². The van der Waals surface area contributed by atoms with Crippen molar-refractivity contribution in [1.29, 1.82) is 0 Å². The molecular formula is C16H26N4S2. The van der Waals surface area contributed by atoms with E-state index >= 15 is 0 Å². The van der Waals surface area contributed by atoms with Crippen LogP contribution in [0.5, 0.6) is 0 Å². The Morgan fingerprint density at radius 2 is 1.59 bits per heavy atom. The molecule has 6 heteroatoms. The molecule has 1 aromatic rings. The van der Waals surface area contributed by atoms with E-state index in [-0.39, 0.29) is 12.1 Å². The molecule has 22 heavy (non-hydrogen) atoms. The third-order valence-electron chi connectivity index (χ3n) is 3.98. The number of nitrogens with one attached hydrogen (secondary N) is 2. The third-order valence-corrected chi connectivity index (χ3v) is 4.62. The molecule has 1 aromatic carbocycles. The van der Waals surface area contributed by atoms with E-state index in [1.165, 1.54) is 0 Å². The predicted octanol–water partition coefficient (Wildman–Crippen LogP) is 2.78. The van der Waals surface area contributed by atoms with E-state index in [4.69, 9.17) is 35.9 Å². The second kappa shape index (κ2) is 8.41. The Morgan fingerprint density at radius 1 is 1.09 bits per heavy atom. The van der Waals surface area contributed by atoms with E-state index in [1.54, 1.807) is 0 Å². The fourth-order valence-corrected chi connectivity index (χ4v) is 3.58. The first-order valence-corrected chi connectivity index (χ1v) is 8.39. The summed E-state index contributed by atoms with van der Waals surface area (Å²) in [5, 5.41) is 6.80. The summed E-state index contributed by atoms with van der Waals surface area (Å²) in [6.07, 6.45) is 1.68. The Balaban J connectivity index is 3.02. The lowest BCUT2D eigenvalue weighted by atomic mass is 9.79. The van der Waals surface area contributed by atoms with Crippen molar-refractivity contribution < 1.29 is 0 Å². The lowest BCUT2D eigenvalue weighted by Gasteiger charge is -2.41. The van der Waals surface area contributed by atoms with Crippen LogP contribution in [-0.4, -0.2) is 21.7 Å². The summed E-state index contributed by atoms with van der Waals surface area (Å²) in [5.74, 6) is 0.155. The highest BCUT2D eigenvalue weighted by Crippen LogP contribution is 2.26. The van der Waals surface area contributed by atoms with Crippen LogP contribution >= 0.6 is 24.4 Å². The van der Waals surface area contributed by atoms with Gasteiger partial charge >= 0.3 is 0 Å². The van der Waals surface area contributed by atoms with Crippen molar-refractivity contribution in [2.75, 3.05) is 5.32 Å². The van der Waals surface area contributed by atoms with Crippen LogP contribution in [0.15, 0.2) is 30.3 Å². The Hall–Kier alpha value is -1.24. The van der Waals surface area contributed by atoms with Crippen LogP contribution in [0, 0.1) is 5.92 Å². The lowest BCUT2D eigenvalue weighted by Crippen LogP contribution is -2.69. The zero-order valence-electron chi connectivity index (χ0n) is 13.4. The van der Waals surface area contributed by atoms with Gasteiger partial charge in [0.05, 0.1) is 6.17 Å². The summed E-state index contributed by atoms with van der Waals surface area (Å²) in [7, 11) is 0. The second-order valence-electron chi connectivity index (χ2n) is 5.43. The Labute approximate surface area is 144 Å². The summed E-state index contributed by atoms with van der Waals surface area (Å²) in [6, 6.07) is 9.92. The number of thiocarbonyl (C=S) groups is 2. The smallest absolute Gasteiger partial charge is 0.124 e. The van der Waals surface area contributed by atoms with E-state index in [9.17, 15) is 0 Å². The molecule has 0 aliphatic heterocycles. The molecule has 0 saturated heterocycles. The molecule has 0 heterocycles. The first-order valence-electron chi connectivity index (χ1n) is 7.57. The Morgan fingerprint density at radius 3 is 2.00 bits per heavy atom. The third kappa shape index (κ3) is 4.15. The monoisotopic (exact) mass is 338 g/mol. The number of nitrogens with two attached hydrogens (primary N) is 2. The molecule has 0 bridgehead atoms. The van der Waals surface area contributed by atoms with Crippen LogP contribution in [0.1, 0.15) is 33.6 Å². The molecule has 0 fully saturated rings. The van der Waals surface area contributed by atoms with Gasteiger partial charge in [-0.3, -0.25) is 5.32 Å². The SMILES string of the molecule is CCC(CC)C(NC(C)Nc1ccccc1)(C(N)=S)C(N)=S. The fourth-order valence-electron chi connectivity index (χ4n) is 2.85. The van der Waals surface area contributed by atoms with Gasteiger partial charge < -0.3 is 16.8 Å². The number of hydrogen-bond donors (Lipinski definition) is 4. The highest BCUT2D eigenvalue weighted by Gasteiger charge is 2.43. The average molecular weight is 339 g/mol. The van der Waals surface area contributed by atoms with Gasteiger partial charge in [0.15, 0.2) is 0 Å². The van der Waals surface area contributed by atoms with Crippen LogP contribution in [0.4, 0.5) is 5.69 Å². The average Bonchev–Trinajstić information content (AvgIpc) is 2.47. The molecule has 0 radical (unpaired) electrons. The summed E-state index contributed by atoms with van der Waals surface area (Å²) in [6.45, 7) is 6.19. The molecule has 1 unspecified atom stereocenters. The maximum absolute atomic E-state index is 6.04. The van der Waals surface area contributed by atoms with Gasteiger partial charge in [-0.1, -0.05) is 69.3 Å². The van der Waals surface area contributed by atoms with Crippen molar-refractivity contribution in [3.63, 3.8) is 0 Å². The molecule has 122 valence electrons. The van der Waals surface area contributed by atoms with Crippen LogP contribution < -0.4 is 22.1 Å². The van der Waals surface area contributed by atoms with Gasteiger partial charge in [-0.25, -0.2) is 0 Å². The van der Waals surface area contributed by atoms with Gasteiger partial charge in [-0.15, -0.1) is 0 Å². The molecule has 0 amide bonds. The quantitative estimate of drug-likeness (QED) is 0.410. The first kappa shape index (κ1) is 18.8. The number of benzene rings is 1. The van der Waals surface area contributed by atoms with Crippen molar-refractivity contribution in [2.45, 2.75) is 45.3 Å². The van der Waals surface area contributed by atoms with Crippen molar-refractivity contribution in [1.82, 2.24) is 5.32 Å². The van der Waals surface area contributed by atoms with Crippen LogP contribution in [-0.2, 0) is 0 Å². The molecule has 0 saturated carbocycles. The van der Waals surface area contributed by atoms with Gasteiger partial charge in [0.1, 0.15) is 15.5 Å². The predicted molar refractivity (Wildman–Crippen MR) is 103 cm³/mol. The highest BCUT2D eigenvalue weighted by atomic mass is 32.1. The van der Waals surface area contributed by atoms with Crippen molar-refractivity contribution in [3.8, 4) is 0 Å². The molecule has 0 aliphatic carbocycles. The largest absolute Gasteiger partial charge is 0.391 e. The Bertz CT molecular complexity index is 486. The van der Waals surface area contributed by atoms with Crippen molar-refractivity contribution in [2.24, 2.45) is 17.4 Å². The normalized spacial score (nSPS) is 12.9. The molecule has 0 spiro atoms. The summed E-state index contributed by atoms with van der Waals surface area (Å²) in [4.78, 5) is 0.603. The minimum absolute atomic E-state index is 0.0917. The number of anilines is 1. The minimum Gasteiger partial charge on any atom is -0.391 e. The van der Waals surface area contributed by atoms with Gasteiger partial charge in [0.25, 0.3) is 0 Å². The van der Waals surface area contributed by atoms with Crippen molar-refractivity contribution >= 4 is 40.1 Å². The van der Waals surface area contributed by atoms with E-state index in [2.05, 4.69) is 24.5 Å². The number of hydrogen-bond acceptors (Lipinski definition) is 4. The minimum atomic E-state index is -0.824. The van der Waals surface area contributed by atoms with Gasteiger partial charge in [0.2, 0.25) is 0 Å². The Kier molecular flexibility index (Phi) is 7.19. The molecular weight excluding hydrogens is 312 g/mol. The zero-order chi connectivity index (χ0) is 16.8. The highest BCUT2D eigenvalue weighted by molar-refractivity contribution is 7.82. The summed E-state index contributed by atoms with van der Waals surface area (Å²) < 4.78 is 0. The molecule has 1 atom stereocenters. The summed E-state index contributed by atoms with van der Waals surface area (Å²) >= 11 is 10.6. The van der Waals surface area contributed by atoms with E-state index < -0.39 is 5.54 Å². The molecule has 4 nitrogen and oxygen atoms in total. The van der Waals surface area contributed by atoms with Crippen LogP contribution in [0.2, 0.25) is 0 Å².